The van der Waals surface area contributed by atoms with Crippen molar-refractivity contribution in [3.05, 3.63) is 23.2 Å². The van der Waals surface area contributed by atoms with Gasteiger partial charge in [0.2, 0.25) is 0 Å². The molecule has 0 aliphatic heterocycles. The summed E-state index contributed by atoms with van der Waals surface area (Å²) in [5, 5.41) is 0.161. The van der Waals surface area contributed by atoms with Gasteiger partial charge in [0.25, 0.3) is 0 Å². The summed E-state index contributed by atoms with van der Waals surface area (Å²) in [6.45, 7) is 0. The van der Waals surface area contributed by atoms with Gasteiger partial charge in [0.05, 0.1) is 17.6 Å². The van der Waals surface area contributed by atoms with E-state index in [2.05, 4.69) is 9.97 Å². The normalized spacial score (nSPS) is 11.5. The van der Waals surface area contributed by atoms with Gasteiger partial charge in [-0.15, -0.1) is 3.89 Å². The molecule has 0 aliphatic rings. The lowest BCUT2D eigenvalue weighted by atomic mass is 10.4. The van der Waals surface area contributed by atoms with E-state index in [1.54, 1.807) is 0 Å². The van der Waals surface area contributed by atoms with E-state index >= 15 is 0 Å². The fourth-order valence-corrected chi connectivity index (χ4v) is 1.34. The van der Waals surface area contributed by atoms with Gasteiger partial charge in [-0.3, -0.25) is 4.98 Å². The molecule has 0 atom stereocenters. The molecule has 0 N–H and O–H groups in total. The third kappa shape index (κ3) is 4.14. The second-order valence-electron chi connectivity index (χ2n) is 2.33. The van der Waals surface area contributed by atoms with E-state index < -0.39 is 16.0 Å². The third-order valence-corrected chi connectivity index (χ3v) is 2.13. The van der Waals surface area contributed by atoms with Crippen LogP contribution < -0.4 is 0 Å². The SMILES string of the molecule is O=S(=O)(F)CCc1cncc(Cl)n1. The van der Waals surface area contributed by atoms with Crippen LogP contribution in [0.3, 0.4) is 0 Å². The lowest BCUT2D eigenvalue weighted by molar-refractivity contribution is 0.551. The Kier molecular flexibility index (Phi) is 3.16. The zero-order chi connectivity index (χ0) is 9.90. The van der Waals surface area contributed by atoms with Gasteiger partial charge in [-0.05, 0) is 0 Å². The van der Waals surface area contributed by atoms with Crippen LogP contribution in [0.1, 0.15) is 5.69 Å². The predicted octanol–water partition coefficient (Wildman–Crippen LogP) is 0.972. The van der Waals surface area contributed by atoms with Crippen molar-refractivity contribution in [3.8, 4) is 0 Å². The van der Waals surface area contributed by atoms with Crippen molar-refractivity contribution in [2.24, 2.45) is 0 Å². The molecule has 0 aromatic carbocycles. The van der Waals surface area contributed by atoms with Crippen LogP contribution >= 0.6 is 11.6 Å². The summed E-state index contributed by atoms with van der Waals surface area (Å²) in [4.78, 5) is 7.42. The van der Waals surface area contributed by atoms with Crippen molar-refractivity contribution in [3.63, 3.8) is 0 Å². The van der Waals surface area contributed by atoms with Crippen molar-refractivity contribution in [2.45, 2.75) is 6.42 Å². The smallest absolute Gasteiger partial charge is 0.260 e. The molecule has 13 heavy (non-hydrogen) atoms. The Bertz CT molecular complexity index is 395. The molecule has 0 unspecified atom stereocenters. The van der Waals surface area contributed by atoms with E-state index in [9.17, 15) is 12.3 Å². The quantitative estimate of drug-likeness (QED) is 0.718. The van der Waals surface area contributed by atoms with Crippen LogP contribution in [0.5, 0.6) is 0 Å². The maximum absolute atomic E-state index is 12.1. The van der Waals surface area contributed by atoms with Gasteiger partial charge in [0, 0.05) is 12.6 Å². The molecular formula is C6H6ClFN2O2S. The second kappa shape index (κ2) is 3.97. The second-order valence-corrected chi connectivity index (χ2v) is 4.20. The fraction of sp³-hybridized carbons (Fsp3) is 0.333. The fourth-order valence-electron chi connectivity index (χ4n) is 0.727. The molecule has 72 valence electrons. The van der Waals surface area contributed by atoms with E-state index in [4.69, 9.17) is 11.6 Å². The van der Waals surface area contributed by atoms with Crippen LogP contribution in [0.2, 0.25) is 5.15 Å². The van der Waals surface area contributed by atoms with Crippen molar-refractivity contribution in [2.75, 3.05) is 5.75 Å². The number of hydrogen-bond donors (Lipinski definition) is 0. The maximum atomic E-state index is 12.1. The Labute approximate surface area is 80.0 Å². The van der Waals surface area contributed by atoms with Crippen LogP contribution in [0.15, 0.2) is 12.4 Å². The summed E-state index contributed by atoms with van der Waals surface area (Å²) < 4.78 is 32.3. The summed E-state index contributed by atoms with van der Waals surface area (Å²) in [6, 6.07) is 0. The minimum absolute atomic E-state index is 0.0214. The molecule has 0 saturated heterocycles. The van der Waals surface area contributed by atoms with Gasteiger partial charge in [-0.1, -0.05) is 11.6 Å². The summed E-state index contributed by atoms with van der Waals surface area (Å²) in [5.41, 5.74) is 0.355. The summed E-state index contributed by atoms with van der Waals surface area (Å²) >= 11 is 5.48. The molecule has 0 spiro atoms. The minimum Gasteiger partial charge on any atom is -0.260 e. The summed E-state index contributed by atoms with van der Waals surface area (Å²) in [7, 11) is -4.45. The number of hydrogen-bond acceptors (Lipinski definition) is 4. The van der Waals surface area contributed by atoms with Crippen molar-refractivity contribution in [1.29, 1.82) is 0 Å². The van der Waals surface area contributed by atoms with Gasteiger partial charge in [0.15, 0.2) is 0 Å². The van der Waals surface area contributed by atoms with Crippen LogP contribution in [0, 0.1) is 0 Å². The van der Waals surface area contributed by atoms with Crippen LogP contribution in [0.25, 0.3) is 0 Å². The highest BCUT2D eigenvalue weighted by atomic mass is 35.5. The van der Waals surface area contributed by atoms with Crippen LogP contribution in [-0.2, 0) is 16.6 Å². The molecule has 0 amide bonds. The molecule has 1 aromatic rings. The molecule has 1 aromatic heterocycles. The van der Waals surface area contributed by atoms with E-state index in [0.29, 0.717) is 5.69 Å². The monoisotopic (exact) mass is 224 g/mol. The molecule has 0 radical (unpaired) electrons. The standard InChI is InChI=1S/C6H6ClFN2O2S/c7-6-4-9-3-5(10-6)1-2-13(8,11)12/h3-4H,1-2H2. The van der Waals surface area contributed by atoms with Crippen molar-refractivity contribution < 1.29 is 12.3 Å². The molecule has 0 bridgehead atoms. The number of halogens is 2. The van der Waals surface area contributed by atoms with Crippen LogP contribution in [-0.4, -0.2) is 24.1 Å². The molecule has 0 aliphatic carbocycles. The molecule has 0 fully saturated rings. The minimum atomic E-state index is -4.45. The Balaban J connectivity index is 2.65. The zero-order valence-corrected chi connectivity index (χ0v) is 8.02. The highest BCUT2D eigenvalue weighted by molar-refractivity contribution is 7.86. The summed E-state index contributed by atoms with van der Waals surface area (Å²) in [6.07, 6.45) is 2.64. The highest BCUT2D eigenvalue weighted by Gasteiger charge is 2.08. The maximum Gasteiger partial charge on any atom is 0.302 e. The van der Waals surface area contributed by atoms with Gasteiger partial charge in [0.1, 0.15) is 5.15 Å². The largest absolute Gasteiger partial charge is 0.302 e. The Morgan fingerprint density at radius 3 is 2.69 bits per heavy atom. The first kappa shape index (κ1) is 10.3. The lowest BCUT2D eigenvalue weighted by Crippen LogP contribution is -2.03. The van der Waals surface area contributed by atoms with Gasteiger partial charge < -0.3 is 0 Å². The van der Waals surface area contributed by atoms with Crippen LogP contribution in [0.4, 0.5) is 3.89 Å². The average molecular weight is 225 g/mol. The first-order valence-electron chi connectivity index (χ1n) is 3.36. The average Bonchev–Trinajstić information content (AvgIpc) is 2.00. The molecule has 1 heterocycles. The molecule has 4 nitrogen and oxygen atoms in total. The van der Waals surface area contributed by atoms with Crippen molar-refractivity contribution >= 4 is 21.8 Å². The predicted molar refractivity (Wildman–Crippen MR) is 45.6 cm³/mol. The summed E-state index contributed by atoms with van der Waals surface area (Å²) in [5.74, 6) is -0.595. The highest BCUT2D eigenvalue weighted by Crippen LogP contribution is 2.04. The number of rotatable bonds is 3. The lowest BCUT2D eigenvalue weighted by Gasteiger charge is -1.96. The Morgan fingerprint density at radius 2 is 2.15 bits per heavy atom. The topological polar surface area (TPSA) is 59.9 Å². The third-order valence-electron chi connectivity index (χ3n) is 1.26. The Hall–Kier alpha value is -0.750. The number of nitrogens with zero attached hydrogens (tertiary/aromatic N) is 2. The molecule has 0 saturated carbocycles. The van der Waals surface area contributed by atoms with Crippen molar-refractivity contribution in [1.82, 2.24) is 9.97 Å². The Morgan fingerprint density at radius 1 is 1.46 bits per heavy atom. The van der Waals surface area contributed by atoms with Gasteiger partial charge in [-0.25, -0.2) is 4.98 Å². The van der Waals surface area contributed by atoms with Gasteiger partial charge >= 0.3 is 10.2 Å². The molecule has 7 heteroatoms. The van der Waals surface area contributed by atoms with E-state index in [1.807, 2.05) is 0 Å². The van der Waals surface area contributed by atoms with Gasteiger partial charge in [-0.2, -0.15) is 8.42 Å². The molecule has 1 rings (SSSR count). The first-order chi connectivity index (χ1) is 5.97. The van der Waals surface area contributed by atoms with E-state index in [0.717, 1.165) is 0 Å². The number of aromatic nitrogens is 2. The van der Waals surface area contributed by atoms with E-state index in [1.165, 1.54) is 12.4 Å². The zero-order valence-electron chi connectivity index (χ0n) is 6.44. The first-order valence-corrected chi connectivity index (χ1v) is 5.29. The number of aryl methyl sites for hydroxylation is 1. The molecular weight excluding hydrogens is 219 g/mol. The van der Waals surface area contributed by atoms with E-state index in [-0.39, 0.29) is 11.6 Å².